The third-order valence-electron chi connectivity index (χ3n) is 3.25. The summed E-state index contributed by atoms with van der Waals surface area (Å²) < 4.78 is 5.06. The molecule has 0 saturated heterocycles. The van der Waals surface area contributed by atoms with Crippen molar-refractivity contribution in [3.05, 3.63) is 12.2 Å². The molecule has 0 N–H and O–H groups in total. The Morgan fingerprint density at radius 1 is 1.00 bits per heavy atom. The van der Waals surface area contributed by atoms with Gasteiger partial charge in [0.15, 0.2) is 0 Å². The second-order valence-corrected chi connectivity index (χ2v) is 16.6. The number of halogens is 1. The van der Waals surface area contributed by atoms with E-state index < -0.39 is 6.69 Å². The molecule has 0 fully saturated rings. The van der Waals surface area contributed by atoms with Crippen LogP contribution < -0.4 is 0 Å². The van der Waals surface area contributed by atoms with Gasteiger partial charge < -0.3 is 4.74 Å². The fraction of sp³-hybridized carbons (Fsp3) is 0.812. The highest BCUT2D eigenvalue weighted by molar-refractivity contribution is 9.26. The second-order valence-electron chi connectivity index (χ2n) is 6.21. The van der Waals surface area contributed by atoms with Crippen LogP contribution in [0.4, 0.5) is 0 Å². The monoisotopic (exact) mass is 362 g/mol. The van der Waals surface area contributed by atoms with Crippen LogP contribution in [0.3, 0.4) is 0 Å². The van der Waals surface area contributed by atoms with Crippen LogP contribution in [0.25, 0.3) is 0 Å². The first-order valence-corrected chi connectivity index (χ1v) is 13.3. The molecule has 4 heteroatoms. The van der Waals surface area contributed by atoms with Gasteiger partial charge in [-0.15, -0.1) is 15.3 Å². The molecule has 0 amide bonds. The van der Waals surface area contributed by atoms with Crippen molar-refractivity contribution < 1.29 is 9.53 Å². The van der Waals surface area contributed by atoms with Crippen LogP contribution in [0.1, 0.15) is 58.3 Å². The molecule has 0 radical (unpaired) electrons. The Balaban J connectivity index is 3.18. The third kappa shape index (κ3) is 14.3. The maximum Gasteiger partial charge on any atom is 0.333 e. The highest BCUT2D eigenvalue weighted by atomic mass is 79.9. The van der Waals surface area contributed by atoms with Crippen LogP contribution in [0.15, 0.2) is 12.2 Å². The number of carbonyl (C=O) groups excluding carboxylic acids is 1. The van der Waals surface area contributed by atoms with Crippen LogP contribution in [0, 0.1) is 0 Å². The first kappa shape index (κ1) is 19.9. The van der Waals surface area contributed by atoms with Gasteiger partial charge in [0, 0.05) is 5.57 Å². The Morgan fingerprint density at radius 2 is 1.45 bits per heavy atom. The Labute approximate surface area is 133 Å². The number of unbranched alkanes of at least 4 members (excludes halogenated alkanes) is 7. The molecule has 0 aliphatic heterocycles. The van der Waals surface area contributed by atoms with Gasteiger partial charge >= 0.3 is 5.97 Å². The highest BCUT2D eigenvalue weighted by Gasteiger charge is 2.14. The van der Waals surface area contributed by atoms with Crippen molar-refractivity contribution >= 4 is 28.0 Å². The molecule has 0 saturated carbocycles. The summed E-state index contributed by atoms with van der Waals surface area (Å²) in [5, 5.41) is 0. The lowest BCUT2D eigenvalue weighted by Crippen LogP contribution is -2.13. The van der Waals surface area contributed by atoms with Crippen LogP contribution in [-0.2, 0) is 9.53 Å². The molecule has 20 heavy (non-hydrogen) atoms. The topological polar surface area (TPSA) is 26.3 Å². The average Bonchev–Trinajstić information content (AvgIpc) is 2.34. The summed E-state index contributed by atoms with van der Waals surface area (Å²) >= 11 is 3.81. The average molecular weight is 363 g/mol. The fourth-order valence-corrected chi connectivity index (χ4v) is 3.93. The van der Waals surface area contributed by atoms with Gasteiger partial charge in [0.05, 0.1) is 6.61 Å². The van der Waals surface area contributed by atoms with Crippen molar-refractivity contribution in [2.45, 2.75) is 77.4 Å². The maximum absolute atomic E-state index is 11.1. The molecule has 0 aromatic carbocycles. The van der Waals surface area contributed by atoms with E-state index in [0.29, 0.717) is 12.2 Å². The van der Waals surface area contributed by atoms with Gasteiger partial charge in [-0.3, -0.25) is 0 Å². The van der Waals surface area contributed by atoms with Gasteiger partial charge in [-0.25, -0.2) is 4.79 Å². The zero-order chi connectivity index (χ0) is 15.4. The summed E-state index contributed by atoms with van der Waals surface area (Å²) in [7, 11) is 0. The second kappa shape index (κ2) is 11.6. The number of hydrogen-bond acceptors (Lipinski definition) is 2. The Kier molecular flexibility index (Phi) is 11.5. The first-order chi connectivity index (χ1) is 9.33. The SMILES string of the molecule is C=C(C)C(=O)OCCCCCCCCCC[Si](C)(C)Br. The number of hydrogen-bond donors (Lipinski definition) is 0. The van der Waals surface area contributed by atoms with Gasteiger partial charge in [0.1, 0.15) is 6.69 Å². The zero-order valence-corrected chi connectivity index (χ0v) is 16.1. The molecule has 0 aliphatic carbocycles. The molecule has 118 valence electrons. The molecule has 0 aliphatic rings. The van der Waals surface area contributed by atoms with E-state index in [2.05, 4.69) is 35.0 Å². The molecule has 0 spiro atoms. The number of esters is 1. The van der Waals surface area contributed by atoms with Crippen LogP contribution in [0.5, 0.6) is 0 Å². The predicted molar refractivity (Wildman–Crippen MR) is 93.9 cm³/mol. The van der Waals surface area contributed by atoms with Crippen molar-refractivity contribution in [3.8, 4) is 0 Å². The lowest BCUT2D eigenvalue weighted by molar-refractivity contribution is -0.139. The normalized spacial score (nSPS) is 11.4. The first-order valence-electron chi connectivity index (χ1n) is 7.84. The molecule has 2 nitrogen and oxygen atoms in total. The van der Waals surface area contributed by atoms with Crippen molar-refractivity contribution in [1.82, 2.24) is 0 Å². The van der Waals surface area contributed by atoms with Gasteiger partial charge in [-0.1, -0.05) is 64.6 Å². The van der Waals surface area contributed by atoms with Gasteiger partial charge in [-0.05, 0) is 19.4 Å². The summed E-state index contributed by atoms with van der Waals surface area (Å²) in [5.41, 5.74) is 0.486. The maximum atomic E-state index is 11.1. The number of rotatable bonds is 12. The molecule has 0 heterocycles. The number of carbonyl (C=O) groups is 1. The van der Waals surface area contributed by atoms with Crippen LogP contribution in [-0.4, -0.2) is 19.3 Å². The van der Waals surface area contributed by atoms with E-state index in [9.17, 15) is 4.79 Å². The van der Waals surface area contributed by atoms with E-state index in [1.165, 1.54) is 44.6 Å². The lowest BCUT2D eigenvalue weighted by Gasteiger charge is -2.12. The molecular formula is C16H31BrO2Si. The molecule has 0 bridgehead atoms. The van der Waals surface area contributed by atoms with Gasteiger partial charge in [0.25, 0.3) is 0 Å². The minimum atomic E-state index is -1.00. The van der Waals surface area contributed by atoms with Gasteiger partial charge in [-0.2, -0.15) is 0 Å². The minimum Gasteiger partial charge on any atom is -0.462 e. The van der Waals surface area contributed by atoms with E-state index in [-0.39, 0.29) is 5.97 Å². The molecule has 0 unspecified atom stereocenters. The lowest BCUT2D eigenvalue weighted by atomic mass is 10.1. The van der Waals surface area contributed by atoms with Crippen molar-refractivity contribution in [2.75, 3.05) is 6.61 Å². The van der Waals surface area contributed by atoms with Crippen molar-refractivity contribution in [1.29, 1.82) is 0 Å². The standard InChI is InChI=1S/C16H31BrO2Si/c1-15(2)16(18)19-13-11-9-7-5-6-8-10-12-14-20(3,4)17/h1,5-14H2,2-4H3. The highest BCUT2D eigenvalue weighted by Crippen LogP contribution is 2.21. The Morgan fingerprint density at radius 3 is 1.90 bits per heavy atom. The van der Waals surface area contributed by atoms with E-state index in [1.54, 1.807) is 6.92 Å². The van der Waals surface area contributed by atoms with Crippen LogP contribution in [0.2, 0.25) is 19.1 Å². The molecule has 0 atom stereocenters. The summed E-state index contributed by atoms with van der Waals surface area (Å²) in [6.07, 6.45) is 10.2. The van der Waals surface area contributed by atoms with Crippen molar-refractivity contribution in [2.24, 2.45) is 0 Å². The summed E-state index contributed by atoms with van der Waals surface area (Å²) in [4.78, 5) is 11.1. The largest absolute Gasteiger partial charge is 0.462 e. The summed E-state index contributed by atoms with van der Waals surface area (Å²) in [6, 6.07) is 1.39. The zero-order valence-electron chi connectivity index (χ0n) is 13.5. The fourth-order valence-electron chi connectivity index (χ4n) is 2.00. The number of ether oxygens (including phenoxy) is 1. The van der Waals surface area contributed by atoms with E-state index in [0.717, 1.165) is 12.8 Å². The Bertz CT molecular complexity index is 285. The summed E-state index contributed by atoms with van der Waals surface area (Å²) in [6.45, 7) is 9.52. The molecular weight excluding hydrogens is 332 g/mol. The third-order valence-corrected chi connectivity index (χ3v) is 5.98. The van der Waals surface area contributed by atoms with Crippen LogP contribution >= 0.6 is 15.3 Å². The van der Waals surface area contributed by atoms with E-state index in [4.69, 9.17) is 4.74 Å². The van der Waals surface area contributed by atoms with E-state index in [1.807, 2.05) is 0 Å². The van der Waals surface area contributed by atoms with Crippen molar-refractivity contribution in [3.63, 3.8) is 0 Å². The summed E-state index contributed by atoms with van der Waals surface area (Å²) in [5.74, 6) is -0.261. The van der Waals surface area contributed by atoms with E-state index >= 15 is 0 Å². The quantitative estimate of drug-likeness (QED) is 0.143. The minimum absolute atomic E-state index is 0.261. The smallest absolute Gasteiger partial charge is 0.333 e. The molecule has 0 aromatic rings. The Hall–Kier alpha value is -0.0931. The molecule has 0 aromatic heterocycles. The molecule has 0 rings (SSSR count). The predicted octanol–water partition coefficient (Wildman–Crippen LogP) is 5.83. The van der Waals surface area contributed by atoms with Gasteiger partial charge in [0.2, 0.25) is 0 Å².